The van der Waals surface area contributed by atoms with Crippen LogP contribution >= 0.6 is 22.9 Å². The standard InChI is InChI=1S/C16H18ClNO2S/c1-20-11-6-7-12-13(10-11)21-15(14(12)17)16(19)18-8-4-2-3-5-9-18/h6-7,10H,2-5,8-9H2,1H3. The molecule has 1 aromatic heterocycles. The second-order valence-corrected chi connectivity index (χ2v) is 6.74. The summed E-state index contributed by atoms with van der Waals surface area (Å²) in [4.78, 5) is 15.3. The lowest BCUT2D eigenvalue weighted by molar-refractivity contribution is 0.0767. The quantitative estimate of drug-likeness (QED) is 0.809. The van der Waals surface area contributed by atoms with E-state index in [-0.39, 0.29) is 5.91 Å². The molecule has 0 radical (unpaired) electrons. The molecule has 5 heteroatoms. The molecule has 0 saturated carbocycles. The third-order valence-electron chi connectivity index (χ3n) is 3.92. The molecule has 0 unspecified atom stereocenters. The van der Waals surface area contributed by atoms with Crippen LogP contribution in [0.3, 0.4) is 0 Å². The molecule has 0 bridgehead atoms. The van der Waals surface area contributed by atoms with Crippen LogP contribution in [-0.2, 0) is 0 Å². The van der Waals surface area contributed by atoms with E-state index in [2.05, 4.69) is 0 Å². The van der Waals surface area contributed by atoms with E-state index in [1.165, 1.54) is 24.2 Å². The van der Waals surface area contributed by atoms with E-state index < -0.39 is 0 Å². The summed E-state index contributed by atoms with van der Waals surface area (Å²) >= 11 is 7.89. The molecule has 3 rings (SSSR count). The Morgan fingerprint density at radius 3 is 2.62 bits per heavy atom. The van der Waals surface area contributed by atoms with Crippen molar-refractivity contribution in [2.45, 2.75) is 25.7 Å². The molecule has 1 amide bonds. The van der Waals surface area contributed by atoms with Gasteiger partial charge in [-0.1, -0.05) is 24.4 Å². The van der Waals surface area contributed by atoms with Crippen molar-refractivity contribution in [3.8, 4) is 5.75 Å². The van der Waals surface area contributed by atoms with E-state index in [1.807, 2.05) is 23.1 Å². The Bertz CT molecular complexity index is 660. The maximum absolute atomic E-state index is 12.7. The fraction of sp³-hybridized carbons (Fsp3) is 0.438. The van der Waals surface area contributed by atoms with Gasteiger partial charge in [0.05, 0.1) is 12.1 Å². The first kappa shape index (κ1) is 14.7. The fourth-order valence-electron chi connectivity index (χ4n) is 2.73. The van der Waals surface area contributed by atoms with Gasteiger partial charge in [0.25, 0.3) is 5.91 Å². The molecule has 0 atom stereocenters. The summed E-state index contributed by atoms with van der Waals surface area (Å²) in [5.74, 6) is 0.858. The molecule has 1 aliphatic heterocycles. The lowest BCUT2D eigenvalue weighted by Gasteiger charge is -2.19. The van der Waals surface area contributed by atoms with Crippen LogP contribution in [0.1, 0.15) is 35.4 Å². The molecular weight excluding hydrogens is 306 g/mol. The second-order valence-electron chi connectivity index (χ2n) is 5.31. The van der Waals surface area contributed by atoms with Crippen LogP contribution in [0, 0.1) is 0 Å². The third kappa shape index (κ3) is 2.87. The van der Waals surface area contributed by atoms with Gasteiger partial charge in [-0.05, 0) is 31.0 Å². The summed E-state index contributed by atoms with van der Waals surface area (Å²) < 4.78 is 6.23. The minimum atomic E-state index is 0.0714. The first-order chi connectivity index (χ1) is 10.2. The predicted molar refractivity (Wildman–Crippen MR) is 87.8 cm³/mol. The molecule has 0 N–H and O–H groups in total. The Hall–Kier alpha value is -1.26. The zero-order valence-electron chi connectivity index (χ0n) is 12.0. The lowest BCUT2D eigenvalue weighted by atomic mass is 10.2. The number of carbonyl (C=O) groups excluding carboxylic acids is 1. The van der Waals surface area contributed by atoms with E-state index in [9.17, 15) is 4.79 Å². The summed E-state index contributed by atoms with van der Waals surface area (Å²) in [6.45, 7) is 1.68. The molecular formula is C16H18ClNO2S. The minimum absolute atomic E-state index is 0.0714. The first-order valence-corrected chi connectivity index (χ1v) is 8.45. The molecule has 2 aromatic rings. The third-order valence-corrected chi connectivity index (χ3v) is 5.57. The highest BCUT2D eigenvalue weighted by molar-refractivity contribution is 7.21. The number of halogens is 1. The van der Waals surface area contributed by atoms with Gasteiger partial charge >= 0.3 is 0 Å². The Labute approximate surface area is 133 Å². The largest absolute Gasteiger partial charge is 0.497 e. The highest BCUT2D eigenvalue weighted by Gasteiger charge is 2.23. The van der Waals surface area contributed by atoms with Crippen LogP contribution in [0.15, 0.2) is 18.2 Å². The summed E-state index contributed by atoms with van der Waals surface area (Å²) in [6.07, 6.45) is 4.59. The number of fused-ring (bicyclic) bond motifs is 1. The van der Waals surface area contributed by atoms with E-state index in [4.69, 9.17) is 16.3 Å². The number of ether oxygens (including phenoxy) is 1. The zero-order valence-corrected chi connectivity index (χ0v) is 13.6. The van der Waals surface area contributed by atoms with Crippen molar-refractivity contribution in [1.82, 2.24) is 4.90 Å². The number of likely N-dealkylation sites (tertiary alicyclic amines) is 1. The van der Waals surface area contributed by atoms with Gasteiger partial charge in [-0.15, -0.1) is 11.3 Å². The Balaban J connectivity index is 1.95. The van der Waals surface area contributed by atoms with Crippen LogP contribution in [0.2, 0.25) is 5.02 Å². The summed E-state index contributed by atoms with van der Waals surface area (Å²) in [7, 11) is 1.64. The molecule has 1 aliphatic rings. The SMILES string of the molecule is COc1ccc2c(Cl)c(C(=O)N3CCCCCC3)sc2c1. The van der Waals surface area contributed by atoms with Crippen molar-refractivity contribution in [1.29, 1.82) is 0 Å². The molecule has 0 aliphatic carbocycles. The summed E-state index contributed by atoms with van der Waals surface area (Å²) in [6, 6.07) is 5.73. The average Bonchev–Trinajstić information content (AvgIpc) is 2.71. The van der Waals surface area contributed by atoms with Crippen LogP contribution in [0.25, 0.3) is 10.1 Å². The lowest BCUT2D eigenvalue weighted by Crippen LogP contribution is -2.31. The maximum atomic E-state index is 12.7. The van der Waals surface area contributed by atoms with Gasteiger partial charge in [0, 0.05) is 23.2 Å². The first-order valence-electron chi connectivity index (χ1n) is 7.26. The molecule has 3 nitrogen and oxygen atoms in total. The molecule has 21 heavy (non-hydrogen) atoms. The zero-order chi connectivity index (χ0) is 14.8. The number of rotatable bonds is 2. The van der Waals surface area contributed by atoms with Crippen molar-refractivity contribution < 1.29 is 9.53 Å². The van der Waals surface area contributed by atoms with E-state index in [0.717, 1.165) is 41.8 Å². The number of amides is 1. The second kappa shape index (κ2) is 6.24. The topological polar surface area (TPSA) is 29.5 Å². The smallest absolute Gasteiger partial charge is 0.265 e. The van der Waals surface area contributed by atoms with Crippen molar-refractivity contribution >= 4 is 38.9 Å². The minimum Gasteiger partial charge on any atom is -0.497 e. The van der Waals surface area contributed by atoms with Crippen LogP contribution in [0.5, 0.6) is 5.75 Å². The van der Waals surface area contributed by atoms with Crippen LogP contribution in [0.4, 0.5) is 0 Å². The summed E-state index contributed by atoms with van der Waals surface area (Å²) in [5, 5.41) is 1.51. The monoisotopic (exact) mass is 323 g/mol. The fourth-order valence-corrected chi connectivity index (χ4v) is 4.24. The van der Waals surface area contributed by atoms with Crippen molar-refractivity contribution in [2.75, 3.05) is 20.2 Å². The number of thiophene rings is 1. The molecule has 2 heterocycles. The number of hydrogen-bond acceptors (Lipinski definition) is 3. The molecule has 0 spiro atoms. The Kier molecular flexibility index (Phi) is 4.36. The van der Waals surface area contributed by atoms with Gasteiger partial charge in [0.15, 0.2) is 0 Å². The van der Waals surface area contributed by atoms with Crippen LogP contribution in [-0.4, -0.2) is 31.0 Å². The van der Waals surface area contributed by atoms with Crippen molar-refractivity contribution in [3.63, 3.8) is 0 Å². The van der Waals surface area contributed by atoms with Crippen LogP contribution < -0.4 is 4.74 Å². The highest BCUT2D eigenvalue weighted by atomic mass is 35.5. The number of carbonyl (C=O) groups is 1. The maximum Gasteiger partial charge on any atom is 0.265 e. The number of nitrogens with zero attached hydrogens (tertiary/aromatic N) is 1. The normalized spacial score (nSPS) is 16.0. The molecule has 1 aromatic carbocycles. The van der Waals surface area contributed by atoms with E-state index >= 15 is 0 Å². The molecule has 112 valence electrons. The number of methoxy groups -OCH3 is 1. The van der Waals surface area contributed by atoms with Gasteiger partial charge in [-0.3, -0.25) is 4.79 Å². The Morgan fingerprint density at radius 1 is 1.24 bits per heavy atom. The predicted octanol–water partition coefficient (Wildman–Crippen LogP) is 4.58. The summed E-state index contributed by atoms with van der Waals surface area (Å²) in [5.41, 5.74) is 0. The van der Waals surface area contributed by atoms with Gasteiger partial charge in [-0.2, -0.15) is 0 Å². The number of benzene rings is 1. The molecule has 1 saturated heterocycles. The van der Waals surface area contributed by atoms with E-state index in [1.54, 1.807) is 7.11 Å². The van der Waals surface area contributed by atoms with Crippen molar-refractivity contribution in [3.05, 3.63) is 28.1 Å². The number of hydrogen-bond donors (Lipinski definition) is 0. The molecule has 1 fully saturated rings. The van der Waals surface area contributed by atoms with Gasteiger partial charge in [0.1, 0.15) is 10.6 Å². The van der Waals surface area contributed by atoms with Gasteiger partial charge in [-0.25, -0.2) is 0 Å². The van der Waals surface area contributed by atoms with Crippen molar-refractivity contribution in [2.24, 2.45) is 0 Å². The Morgan fingerprint density at radius 2 is 1.95 bits per heavy atom. The van der Waals surface area contributed by atoms with Gasteiger partial charge in [0.2, 0.25) is 0 Å². The average molecular weight is 324 g/mol. The highest BCUT2D eigenvalue weighted by Crippen LogP contribution is 2.38. The van der Waals surface area contributed by atoms with Gasteiger partial charge < -0.3 is 9.64 Å². The van der Waals surface area contributed by atoms with E-state index in [0.29, 0.717) is 9.90 Å².